The second-order valence-electron chi connectivity index (χ2n) is 10.7. The van der Waals surface area contributed by atoms with Crippen LogP contribution in [0.2, 0.25) is 5.02 Å². The molecule has 4 heterocycles. The van der Waals surface area contributed by atoms with E-state index in [9.17, 15) is 9.59 Å². The van der Waals surface area contributed by atoms with Crippen molar-refractivity contribution in [2.24, 2.45) is 5.41 Å². The van der Waals surface area contributed by atoms with E-state index >= 15 is 0 Å². The molecule has 0 bridgehead atoms. The molecular formula is C27H34ClN7O3. The number of ether oxygens (including phenoxy) is 1. The van der Waals surface area contributed by atoms with E-state index in [0.717, 1.165) is 49.2 Å². The van der Waals surface area contributed by atoms with Crippen molar-refractivity contribution in [1.82, 2.24) is 24.8 Å². The summed E-state index contributed by atoms with van der Waals surface area (Å²) in [5.41, 5.74) is 1.55. The number of pyridine rings is 1. The highest BCUT2D eigenvalue weighted by Gasteiger charge is 2.43. The molecule has 2 fully saturated rings. The van der Waals surface area contributed by atoms with Crippen LogP contribution in [0.15, 0.2) is 35.3 Å². The molecule has 1 unspecified atom stereocenters. The number of amides is 1. The molecule has 5 rings (SSSR count). The minimum absolute atomic E-state index is 0.102. The van der Waals surface area contributed by atoms with Gasteiger partial charge in [0.25, 0.3) is 11.5 Å². The van der Waals surface area contributed by atoms with Gasteiger partial charge in [-0.1, -0.05) is 11.6 Å². The molecule has 2 saturated heterocycles. The van der Waals surface area contributed by atoms with Gasteiger partial charge in [-0.15, -0.1) is 0 Å². The number of halogens is 1. The fourth-order valence-electron chi connectivity index (χ4n) is 5.56. The van der Waals surface area contributed by atoms with Crippen molar-refractivity contribution in [3.63, 3.8) is 0 Å². The summed E-state index contributed by atoms with van der Waals surface area (Å²) in [6.45, 7) is 7.74. The monoisotopic (exact) mass is 539 g/mol. The Morgan fingerprint density at radius 2 is 2.00 bits per heavy atom. The first-order valence-corrected chi connectivity index (χ1v) is 13.3. The maximum absolute atomic E-state index is 13.1. The molecule has 0 radical (unpaired) electrons. The average molecular weight is 540 g/mol. The second kappa shape index (κ2) is 10.4. The third-order valence-electron chi connectivity index (χ3n) is 7.50. The first-order valence-electron chi connectivity index (χ1n) is 12.9. The fourth-order valence-corrected chi connectivity index (χ4v) is 5.70. The summed E-state index contributed by atoms with van der Waals surface area (Å²) in [5, 5.41) is 7.03. The van der Waals surface area contributed by atoms with Gasteiger partial charge < -0.3 is 29.7 Å². The Balaban J connectivity index is 1.42. The molecule has 1 spiro atoms. The number of nitrogens with one attached hydrogen (secondary N) is 2. The van der Waals surface area contributed by atoms with Gasteiger partial charge in [0, 0.05) is 49.2 Å². The zero-order valence-corrected chi connectivity index (χ0v) is 23.0. The normalized spacial score (nSPS) is 19.6. The zero-order valence-electron chi connectivity index (χ0n) is 22.3. The van der Waals surface area contributed by atoms with Crippen LogP contribution in [0.1, 0.15) is 32.7 Å². The topological polar surface area (TPSA) is 105 Å². The molecule has 1 atom stereocenters. The second-order valence-corrected chi connectivity index (χ2v) is 11.1. The maximum Gasteiger partial charge on any atom is 0.293 e. The van der Waals surface area contributed by atoms with Crippen LogP contribution in [0.3, 0.4) is 0 Å². The standard InChI is InChI=1S/C27H34ClN7O3/c1-17(2)35-21-6-5-19(11-18(21)12-22(25(35)37)38-14-23(36)29-3)31-24-20(28)13-30-26(32-24)34-10-8-27(16-34)7-9-33(4)15-27/h5-6,11-13,17H,7-10,14-16H2,1-4H3,(H,29,36)(H,30,31,32). The molecule has 3 aromatic rings. The third-order valence-corrected chi connectivity index (χ3v) is 7.78. The SMILES string of the molecule is CNC(=O)COc1cc2cc(Nc3nc(N4CCC5(CCN(C)C5)C4)ncc3Cl)ccc2n(C(C)C)c1=O. The Morgan fingerprint density at radius 1 is 1.21 bits per heavy atom. The lowest BCUT2D eigenvalue weighted by Gasteiger charge is -2.24. The molecule has 2 aliphatic rings. The first-order chi connectivity index (χ1) is 18.2. The molecule has 2 aromatic heterocycles. The van der Waals surface area contributed by atoms with Crippen molar-refractivity contribution >= 4 is 45.9 Å². The number of hydrogen-bond acceptors (Lipinski definition) is 8. The number of carbonyl (C=O) groups excluding carboxylic acids is 1. The molecule has 1 amide bonds. The number of likely N-dealkylation sites (tertiary alicyclic amines) is 1. The Morgan fingerprint density at radius 3 is 2.71 bits per heavy atom. The summed E-state index contributed by atoms with van der Waals surface area (Å²) < 4.78 is 7.23. The summed E-state index contributed by atoms with van der Waals surface area (Å²) in [6, 6.07) is 7.26. The molecule has 202 valence electrons. The molecule has 2 aliphatic heterocycles. The highest BCUT2D eigenvalue weighted by Crippen LogP contribution is 2.40. The summed E-state index contributed by atoms with van der Waals surface area (Å²) >= 11 is 6.49. The summed E-state index contributed by atoms with van der Waals surface area (Å²) in [7, 11) is 3.70. The van der Waals surface area contributed by atoms with Crippen LogP contribution in [0.4, 0.5) is 17.5 Å². The number of benzene rings is 1. The van der Waals surface area contributed by atoms with Crippen molar-refractivity contribution in [3.8, 4) is 5.75 Å². The minimum Gasteiger partial charge on any atom is -0.478 e. The fraction of sp³-hybridized carbons (Fsp3) is 0.481. The van der Waals surface area contributed by atoms with Gasteiger partial charge >= 0.3 is 0 Å². The van der Waals surface area contributed by atoms with Gasteiger partial charge in [-0.2, -0.15) is 4.98 Å². The quantitative estimate of drug-likeness (QED) is 0.470. The van der Waals surface area contributed by atoms with Crippen LogP contribution in [0.25, 0.3) is 10.9 Å². The Hall–Kier alpha value is -3.37. The smallest absolute Gasteiger partial charge is 0.293 e. The number of fused-ring (bicyclic) bond motifs is 1. The third kappa shape index (κ3) is 5.15. The Kier molecular flexibility index (Phi) is 7.19. The first kappa shape index (κ1) is 26.2. The van der Waals surface area contributed by atoms with Gasteiger partial charge in [0.15, 0.2) is 18.2 Å². The van der Waals surface area contributed by atoms with Crippen molar-refractivity contribution in [1.29, 1.82) is 0 Å². The summed E-state index contributed by atoms with van der Waals surface area (Å²) in [5.74, 6) is 1.00. The van der Waals surface area contributed by atoms with Crippen LogP contribution in [-0.4, -0.2) is 72.2 Å². The van der Waals surface area contributed by atoms with Crippen molar-refractivity contribution in [3.05, 3.63) is 45.8 Å². The summed E-state index contributed by atoms with van der Waals surface area (Å²) in [4.78, 5) is 38.7. The average Bonchev–Trinajstić information content (AvgIpc) is 3.48. The van der Waals surface area contributed by atoms with Crippen LogP contribution < -0.4 is 25.8 Å². The molecule has 10 nitrogen and oxygen atoms in total. The Bertz CT molecular complexity index is 1430. The van der Waals surface area contributed by atoms with E-state index in [1.54, 1.807) is 16.8 Å². The van der Waals surface area contributed by atoms with E-state index in [-0.39, 0.29) is 29.9 Å². The maximum atomic E-state index is 13.1. The van der Waals surface area contributed by atoms with E-state index in [0.29, 0.717) is 22.2 Å². The number of rotatable bonds is 7. The number of hydrogen-bond donors (Lipinski definition) is 2. The van der Waals surface area contributed by atoms with E-state index < -0.39 is 0 Å². The number of carbonyl (C=O) groups is 1. The largest absolute Gasteiger partial charge is 0.478 e. The van der Waals surface area contributed by atoms with Crippen LogP contribution >= 0.6 is 11.6 Å². The highest BCUT2D eigenvalue weighted by molar-refractivity contribution is 6.32. The van der Waals surface area contributed by atoms with E-state index in [1.807, 2.05) is 32.0 Å². The van der Waals surface area contributed by atoms with Crippen LogP contribution in [0.5, 0.6) is 5.75 Å². The van der Waals surface area contributed by atoms with Crippen LogP contribution in [0, 0.1) is 5.41 Å². The molecular weight excluding hydrogens is 506 g/mol. The lowest BCUT2D eigenvalue weighted by molar-refractivity contribution is -0.122. The molecule has 0 aliphatic carbocycles. The van der Waals surface area contributed by atoms with Gasteiger partial charge in [0.2, 0.25) is 5.95 Å². The van der Waals surface area contributed by atoms with Gasteiger partial charge in [0.1, 0.15) is 5.02 Å². The summed E-state index contributed by atoms with van der Waals surface area (Å²) in [6.07, 6.45) is 3.98. The number of aromatic nitrogens is 3. The number of nitrogens with zero attached hydrogens (tertiary/aromatic N) is 5. The molecule has 0 saturated carbocycles. The molecule has 38 heavy (non-hydrogen) atoms. The van der Waals surface area contributed by atoms with Crippen molar-refractivity contribution in [2.45, 2.75) is 32.7 Å². The highest BCUT2D eigenvalue weighted by atomic mass is 35.5. The number of anilines is 3. The number of likely N-dealkylation sites (N-methyl/N-ethyl adjacent to an activating group) is 1. The predicted octanol–water partition coefficient (Wildman–Crippen LogP) is 3.43. The van der Waals surface area contributed by atoms with Gasteiger partial charge in [-0.05, 0) is 64.5 Å². The van der Waals surface area contributed by atoms with Crippen LogP contribution in [-0.2, 0) is 4.79 Å². The Labute approximate surface area is 226 Å². The minimum atomic E-state index is -0.311. The zero-order chi connectivity index (χ0) is 27.0. The van der Waals surface area contributed by atoms with E-state index in [2.05, 4.69) is 32.5 Å². The van der Waals surface area contributed by atoms with Gasteiger partial charge in [0.05, 0.1) is 11.7 Å². The lowest BCUT2D eigenvalue weighted by Crippen LogP contribution is -2.30. The van der Waals surface area contributed by atoms with Crippen molar-refractivity contribution < 1.29 is 9.53 Å². The van der Waals surface area contributed by atoms with Gasteiger partial charge in [-0.25, -0.2) is 4.98 Å². The molecule has 11 heteroatoms. The lowest BCUT2D eigenvalue weighted by atomic mass is 9.86. The van der Waals surface area contributed by atoms with E-state index in [4.69, 9.17) is 21.3 Å². The van der Waals surface area contributed by atoms with Crippen molar-refractivity contribution in [2.75, 3.05) is 57.1 Å². The molecule has 1 aromatic carbocycles. The van der Waals surface area contributed by atoms with E-state index in [1.165, 1.54) is 13.5 Å². The predicted molar refractivity (Wildman–Crippen MR) is 150 cm³/mol. The molecule has 2 N–H and O–H groups in total. The van der Waals surface area contributed by atoms with Gasteiger partial charge in [-0.3, -0.25) is 9.59 Å².